The van der Waals surface area contributed by atoms with E-state index in [1.165, 1.54) is 6.92 Å². The highest BCUT2D eigenvalue weighted by atomic mass is 19.3. The van der Waals surface area contributed by atoms with Crippen molar-refractivity contribution in [2.75, 3.05) is 0 Å². The van der Waals surface area contributed by atoms with Crippen LogP contribution < -0.4 is 16.4 Å². The second-order valence-corrected chi connectivity index (χ2v) is 8.77. The van der Waals surface area contributed by atoms with Crippen LogP contribution in [0.15, 0.2) is 54.6 Å². The normalized spacial score (nSPS) is 18.6. The molecule has 0 saturated heterocycles. The van der Waals surface area contributed by atoms with Gasteiger partial charge in [-0.3, -0.25) is 4.79 Å². The zero-order chi connectivity index (χ0) is 24.1. The van der Waals surface area contributed by atoms with Gasteiger partial charge in [0.15, 0.2) is 0 Å². The molecule has 178 valence electrons. The standard InChI is InChI=1S/C25H31F2N3O3/c1-17(28)20-8-10-21(11-9-20)24(12-14-25(26,27)15-13-24)30-22(31)18(2)29-23(32)33-16-19-6-4-3-5-7-19/h3-11,17-18H,12-16,28H2,1-2H3,(H,29,32)(H,30,31)/t17-,18-/m0/s1. The zero-order valence-electron chi connectivity index (χ0n) is 18.9. The molecule has 6 nitrogen and oxygen atoms in total. The van der Waals surface area contributed by atoms with Crippen LogP contribution in [0.1, 0.15) is 62.3 Å². The summed E-state index contributed by atoms with van der Waals surface area (Å²) in [6, 6.07) is 15.5. The molecular weight excluding hydrogens is 428 g/mol. The molecule has 0 aliphatic heterocycles. The number of alkyl halides is 2. The van der Waals surface area contributed by atoms with Gasteiger partial charge in [0.1, 0.15) is 12.6 Å². The molecule has 0 aromatic heterocycles. The largest absolute Gasteiger partial charge is 0.445 e. The van der Waals surface area contributed by atoms with E-state index in [9.17, 15) is 18.4 Å². The van der Waals surface area contributed by atoms with Crippen molar-refractivity contribution in [3.05, 3.63) is 71.3 Å². The third kappa shape index (κ3) is 6.51. The summed E-state index contributed by atoms with van der Waals surface area (Å²) in [5.41, 5.74) is 7.45. The van der Waals surface area contributed by atoms with Crippen LogP contribution in [0.25, 0.3) is 0 Å². The first-order chi connectivity index (χ1) is 15.6. The number of carbonyl (C=O) groups is 2. The number of hydrogen-bond acceptors (Lipinski definition) is 4. The molecule has 2 atom stereocenters. The minimum atomic E-state index is -2.76. The van der Waals surface area contributed by atoms with Crippen LogP contribution in [-0.2, 0) is 21.7 Å². The Morgan fingerprint density at radius 3 is 2.18 bits per heavy atom. The number of amides is 2. The first-order valence-corrected chi connectivity index (χ1v) is 11.1. The molecule has 0 radical (unpaired) electrons. The molecule has 1 saturated carbocycles. The Balaban J connectivity index is 1.67. The highest BCUT2D eigenvalue weighted by Gasteiger charge is 2.45. The van der Waals surface area contributed by atoms with E-state index in [0.29, 0.717) is 0 Å². The summed E-state index contributed by atoms with van der Waals surface area (Å²) in [7, 11) is 0. The summed E-state index contributed by atoms with van der Waals surface area (Å²) >= 11 is 0. The molecule has 1 fully saturated rings. The Labute approximate surface area is 192 Å². The fraction of sp³-hybridized carbons (Fsp3) is 0.440. The van der Waals surface area contributed by atoms with Crippen LogP contribution in [0.2, 0.25) is 0 Å². The number of carbonyl (C=O) groups excluding carboxylic acids is 2. The lowest BCUT2D eigenvalue weighted by Crippen LogP contribution is -2.55. The summed E-state index contributed by atoms with van der Waals surface area (Å²) in [6.45, 7) is 3.47. The van der Waals surface area contributed by atoms with Gasteiger partial charge in [0, 0.05) is 18.9 Å². The van der Waals surface area contributed by atoms with E-state index < -0.39 is 29.5 Å². The zero-order valence-corrected chi connectivity index (χ0v) is 18.9. The number of hydrogen-bond donors (Lipinski definition) is 3. The van der Waals surface area contributed by atoms with E-state index in [2.05, 4.69) is 10.6 Å². The fourth-order valence-corrected chi connectivity index (χ4v) is 3.99. The number of nitrogens with two attached hydrogens (primary N) is 1. The Hall–Kier alpha value is -3.00. The minimum absolute atomic E-state index is 0.0753. The van der Waals surface area contributed by atoms with Crippen LogP contribution in [0.5, 0.6) is 0 Å². The molecule has 2 amide bonds. The van der Waals surface area contributed by atoms with Gasteiger partial charge in [-0.25, -0.2) is 13.6 Å². The Bertz CT molecular complexity index is 939. The van der Waals surface area contributed by atoms with Gasteiger partial charge < -0.3 is 21.1 Å². The smallest absolute Gasteiger partial charge is 0.408 e. The third-order valence-electron chi connectivity index (χ3n) is 6.13. The highest BCUT2D eigenvalue weighted by molar-refractivity contribution is 5.86. The number of ether oxygens (including phenoxy) is 1. The number of halogens is 2. The van der Waals surface area contributed by atoms with Gasteiger partial charge in [0.25, 0.3) is 0 Å². The lowest BCUT2D eigenvalue weighted by molar-refractivity contribution is -0.127. The van der Waals surface area contributed by atoms with Gasteiger partial charge in [0.05, 0.1) is 5.54 Å². The van der Waals surface area contributed by atoms with Crippen LogP contribution in [-0.4, -0.2) is 24.0 Å². The SMILES string of the molecule is C[C@H](NC(=O)OCc1ccccc1)C(=O)NC1(c2ccc([C@H](C)N)cc2)CCC(F)(F)CC1. The van der Waals surface area contributed by atoms with Gasteiger partial charge in [-0.1, -0.05) is 54.6 Å². The molecule has 33 heavy (non-hydrogen) atoms. The molecule has 1 aliphatic rings. The van der Waals surface area contributed by atoms with Crippen molar-refractivity contribution in [3.63, 3.8) is 0 Å². The van der Waals surface area contributed by atoms with Crippen molar-refractivity contribution in [2.24, 2.45) is 5.73 Å². The monoisotopic (exact) mass is 459 g/mol. The quantitative estimate of drug-likeness (QED) is 0.567. The lowest BCUT2D eigenvalue weighted by atomic mass is 9.74. The summed E-state index contributed by atoms with van der Waals surface area (Å²) in [4.78, 5) is 25.1. The van der Waals surface area contributed by atoms with Crippen molar-refractivity contribution in [3.8, 4) is 0 Å². The average Bonchev–Trinajstić information content (AvgIpc) is 2.80. The van der Waals surface area contributed by atoms with E-state index in [4.69, 9.17) is 10.5 Å². The molecule has 0 unspecified atom stereocenters. The molecule has 1 aliphatic carbocycles. The summed E-state index contributed by atoms with van der Waals surface area (Å²) in [6.07, 6.45) is -1.21. The molecule has 0 bridgehead atoms. The molecule has 2 aromatic rings. The van der Waals surface area contributed by atoms with Crippen LogP contribution in [0.3, 0.4) is 0 Å². The maximum Gasteiger partial charge on any atom is 0.408 e. The predicted octanol–water partition coefficient (Wildman–Crippen LogP) is 4.54. The Kier molecular flexibility index (Phi) is 7.68. The maximum atomic E-state index is 13.9. The first kappa shape index (κ1) is 24.6. The van der Waals surface area contributed by atoms with Gasteiger partial charge in [0.2, 0.25) is 11.8 Å². The van der Waals surface area contributed by atoms with E-state index in [1.54, 1.807) is 0 Å². The van der Waals surface area contributed by atoms with Crippen LogP contribution in [0.4, 0.5) is 13.6 Å². The Morgan fingerprint density at radius 1 is 1.00 bits per heavy atom. The molecular formula is C25H31F2N3O3. The number of rotatable bonds is 7. The van der Waals surface area contributed by atoms with Gasteiger partial charge in [-0.2, -0.15) is 0 Å². The fourth-order valence-electron chi connectivity index (χ4n) is 3.99. The van der Waals surface area contributed by atoms with Crippen LogP contribution in [0, 0.1) is 0 Å². The van der Waals surface area contributed by atoms with Crippen molar-refractivity contribution in [1.29, 1.82) is 0 Å². The first-order valence-electron chi connectivity index (χ1n) is 11.1. The summed E-state index contributed by atoms with van der Waals surface area (Å²) in [5, 5.41) is 5.45. The third-order valence-corrected chi connectivity index (χ3v) is 6.13. The van der Waals surface area contributed by atoms with E-state index in [0.717, 1.165) is 16.7 Å². The summed E-state index contributed by atoms with van der Waals surface area (Å²) in [5.74, 6) is -3.22. The average molecular weight is 460 g/mol. The van der Waals surface area contributed by atoms with Gasteiger partial charge >= 0.3 is 6.09 Å². The molecule has 0 heterocycles. The second-order valence-electron chi connectivity index (χ2n) is 8.77. The van der Waals surface area contributed by atoms with E-state index in [-0.39, 0.29) is 38.3 Å². The number of alkyl carbamates (subject to hydrolysis) is 1. The highest BCUT2D eigenvalue weighted by Crippen LogP contribution is 2.44. The molecule has 2 aromatic carbocycles. The van der Waals surface area contributed by atoms with E-state index in [1.807, 2.05) is 61.5 Å². The van der Waals surface area contributed by atoms with Crippen LogP contribution >= 0.6 is 0 Å². The van der Waals surface area contributed by atoms with Crippen molar-refractivity contribution >= 4 is 12.0 Å². The molecule has 3 rings (SSSR count). The Morgan fingerprint density at radius 2 is 1.61 bits per heavy atom. The summed E-state index contributed by atoms with van der Waals surface area (Å²) < 4.78 is 33.0. The van der Waals surface area contributed by atoms with Crippen molar-refractivity contribution < 1.29 is 23.1 Å². The molecule has 4 N–H and O–H groups in total. The van der Waals surface area contributed by atoms with Crippen molar-refractivity contribution in [2.45, 2.75) is 69.7 Å². The van der Waals surface area contributed by atoms with Gasteiger partial charge in [-0.05, 0) is 43.4 Å². The second kappa shape index (κ2) is 10.3. The number of nitrogens with one attached hydrogen (secondary N) is 2. The lowest BCUT2D eigenvalue weighted by Gasteiger charge is -2.42. The number of benzene rings is 2. The maximum absolute atomic E-state index is 13.9. The predicted molar refractivity (Wildman–Crippen MR) is 122 cm³/mol. The van der Waals surface area contributed by atoms with Crippen molar-refractivity contribution in [1.82, 2.24) is 10.6 Å². The minimum Gasteiger partial charge on any atom is -0.445 e. The molecule has 8 heteroatoms. The van der Waals surface area contributed by atoms with Gasteiger partial charge in [-0.15, -0.1) is 0 Å². The molecule has 0 spiro atoms. The topological polar surface area (TPSA) is 93.4 Å². The van der Waals surface area contributed by atoms with E-state index >= 15 is 0 Å².